The van der Waals surface area contributed by atoms with E-state index < -0.39 is 5.69 Å². The van der Waals surface area contributed by atoms with Crippen molar-refractivity contribution in [2.45, 2.75) is 70.8 Å². The summed E-state index contributed by atoms with van der Waals surface area (Å²) in [5, 5.41) is 3.00. The number of aromatic nitrogens is 2. The van der Waals surface area contributed by atoms with Gasteiger partial charge in [-0.1, -0.05) is 33.6 Å². The number of nitrogens with zero attached hydrogens (tertiary/aromatic N) is 2. The first-order valence-corrected chi connectivity index (χ1v) is 9.97. The molecule has 1 saturated heterocycles. The minimum atomic E-state index is -0.465. The van der Waals surface area contributed by atoms with Crippen molar-refractivity contribution < 1.29 is 4.79 Å². The molecule has 1 unspecified atom stereocenters. The average Bonchev–Trinajstić information content (AvgIpc) is 3.13. The first kappa shape index (κ1) is 19.1. The van der Waals surface area contributed by atoms with Crippen LogP contribution in [0, 0.1) is 5.92 Å². The number of carbonyl (C=O) groups excluding carboxylic acids is 1. The van der Waals surface area contributed by atoms with Crippen molar-refractivity contribution in [1.29, 1.82) is 0 Å². The molecule has 144 valence electrons. The number of rotatable bonds is 4. The van der Waals surface area contributed by atoms with Crippen LogP contribution in [0.4, 0.5) is 0 Å². The Morgan fingerprint density at radius 1 is 1.27 bits per heavy atom. The Labute approximate surface area is 155 Å². The largest absolute Gasteiger partial charge is 0.350 e. The van der Waals surface area contributed by atoms with Crippen LogP contribution in [0.15, 0.2) is 10.9 Å². The molecule has 0 aromatic carbocycles. The van der Waals surface area contributed by atoms with Crippen LogP contribution in [0.5, 0.6) is 0 Å². The summed E-state index contributed by atoms with van der Waals surface area (Å²) in [6, 6.07) is 2.44. The van der Waals surface area contributed by atoms with Gasteiger partial charge in [-0.3, -0.25) is 4.79 Å². The second-order valence-corrected chi connectivity index (χ2v) is 8.89. The van der Waals surface area contributed by atoms with Gasteiger partial charge in [0.1, 0.15) is 5.69 Å². The molecule has 1 aromatic rings. The van der Waals surface area contributed by atoms with Crippen molar-refractivity contribution in [3.63, 3.8) is 0 Å². The van der Waals surface area contributed by atoms with E-state index in [4.69, 9.17) is 0 Å². The summed E-state index contributed by atoms with van der Waals surface area (Å²) < 4.78 is 0. The first-order chi connectivity index (χ1) is 12.3. The fourth-order valence-corrected chi connectivity index (χ4v) is 4.17. The topological polar surface area (TPSA) is 78.1 Å². The highest BCUT2D eigenvalue weighted by molar-refractivity contribution is 5.92. The molecular formula is C20H32N4O2. The number of amides is 1. The molecule has 0 bridgehead atoms. The molecular weight excluding hydrogens is 328 g/mol. The molecule has 6 nitrogen and oxygen atoms in total. The fraction of sp³-hybridized carbons (Fsp3) is 0.750. The van der Waals surface area contributed by atoms with Gasteiger partial charge in [-0.2, -0.15) is 4.98 Å². The van der Waals surface area contributed by atoms with E-state index in [-0.39, 0.29) is 17.0 Å². The number of H-pyrrole nitrogens is 1. The molecule has 2 heterocycles. The van der Waals surface area contributed by atoms with E-state index >= 15 is 0 Å². The predicted octanol–water partition coefficient (Wildman–Crippen LogP) is 2.45. The zero-order valence-corrected chi connectivity index (χ0v) is 16.3. The van der Waals surface area contributed by atoms with Crippen LogP contribution in [0.25, 0.3) is 0 Å². The van der Waals surface area contributed by atoms with Crippen LogP contribution < -0.4 is 11.0 Å². The lowest BCUT2D eigenvalue weighted by molar-refractivity contribution is 0.0908. The third-order valence-corrected chi connectivity index (χ3v) is 5.73. The molecule has 1 aliphatic heterocycles. The van der Waals surface area contributed by atoms with Crippen LogP contribution in [-0.4, -0.2) is 46.5 Å². The summed E-state index contributed by atoms with van der Waals surface area (Å²) >= 11 is 0. The van der Waals surface area contributed by atoms with Gasteiger partial charge in [0.05, 0.1) is 0 Å². The molecule has 1 atom stereocenters. The van der Waals surface area contributed by atoms with Crippen LogP contribution in [0.3, 0.4) is 0 Å². The van der Waals surface area contributed by atoms with Gasteiger partial charge < -0.3 is 15.2 Å². The molecule has 1 amide bonds. The molecule has 6 heteroatoms. The van der Waals surface area contributed by atoms with E-state index in [1.165, 1.54) is 38.6 Å². The minimum absolute atomic E-state index is 0.210. The van der Waals surface area contributed by atoms with Crippen LogP contribution >= 0.6 is 0 Å². The summed E-state index contributed by atoms with van der Waals surface area (Å²) in [5.41, 5.74) is 0.241. The van der Waals surface area contributed by atoms with E-state index in [1.54, 1.807) is 6.07 Å². The smallest absolute Gasteiger partial charge is 0.345 e. The predicted molar refractivity (Wildman–Crippen MR) is 102 cm³/mol. The van der Waals surface area contributed by atoms with Crippen LogP contribution in [0.1, 0.15) is 75.5 Å². The SMILES string of the molecule is CC(C)(C)c1cc(C(=O)NCC2CCCN(C3CCCC3)C2)nc(=O)[nH]1. The fourth-order valence-electron chi connectivity index (χ4n) is 4.17. The molecule has 0 spiro atoms. The zero-order valence-electron chi connectivity index (χ0n) is 16.3. The number of hydrogen-bond donors (Lipinski definition) is 2. The maximum Gasteiger partial charge on any atom is 0.345 e. The van der Waals surface area contributed by atoms with E-state index in [0.717, 1.165) is 24.7 Å². The van der Waals surface area contributed by atoms with Crippen molar-refractivity contribution in [3.8, 4) is 0 Å². The molecule has 2 aliphatic rings. The minimum Gasteiger partial charge on any atom is -0.350 e. The highest BCUT2D eigenvalue weighted by atomic mass is 16.2. The number of aromatic amines is 1. The summed E-state index contributed by atoms with van der Waals surface area (Å²) in [5.74, 6) is 0.233. The Bertz CT molecular complexity index is 686. The summed E-state index contributed by atoms with van der Waals surface area (Å²) in [4.78, 5) is 33.5. The van der Waals surface area contributed by atoms with Crippen molar-refractivity contribution in [3.05, 3.63) is 27.9 Å². The second-order valence-electron chi connectivity index (χ2n) is 8.89. The lowest BCUT2D eigenvalue weighted by atomic mass is 9.91. The number of nitrogens with one attached hydrogen (secondary N) is 2. The summed E-state index contributed by atoms with van der Waals surface area (Å²) in [7, 11) is 0. The Kier molecular flexibility index (Phi) is 5.80. The third kappa shape index (κ3) is 4.72. The average molecular weight is 361 g/mol. The molecule has 2 fully saturated rings. The Hall–Kier alpha value is -1.69. The quantitative estimate of drug-likeness (QED) is 0.864. The number of likely N-dealkylation sites (tertiary alicyclic amines) is 1. The van der Waals surface area contributed by atoms with Gasteiger partial charge in [0.2, 0.25) is 0 Å². The monoisotopic (exact) mass is 360 g/mol. The molecule has 26 heavy (non-hydrogen) atoms. The van der Waals surface area contributed by atoms with E-state index in [0.29, 0.717) is 12.5 Å². The van der Waals surface area contributed by atoms with E-state index in [2.05, 4.69) is 20.2 Å². The normalized spacial score (nSPS) is 22.5. The van der Waals surface area contributed by atoms with Gasteiger partial charge in [-0.15, -0.1) is 0 Å². The van der Waals surface area contributed by atoms with Crippen molar-refractivity contribution in [2.24, 2.45) is 5.92 Å². The van der Waals surface area contributed by atoms with Gasteiger partial charge >= 0.3 is 5.69 Å². The lowest BCUT2D eigenvalue weighted by Crippen LogP contribution is -2.45. The van der Waals surface area contributed by atoms with Gasteiger partial charge in [0.15, 0.2) is 0 Å². The van der Waals surface area contributed by atoms with E-state index in [9.17, 15) is 9.59 Å². The summed E-state index contributed by atoms with van der Waals surface area (Å²) in [6.45, 7) is 8.92. The standard InChI is InChI=1S/C20H32N4O2/c1-20(2,3)17-11-16(22-19(26)23-17)18(25)21-12-14-7-6-10-24(13-14)15-8-4-5-9-15/h11,14-15H,4-10,12-13H2,1-3H3,(H,21,25)(H,22,23,26). The number of carbonyl (C=O) groups is 1. The number of hydrogen-bond acceptors (Lipinski definition) is 4. The van der Waals surface area contributed by atoms with Gasteiger partial charge in [-0.25, -0.2) is 4.79 Å². The molecule has 1 aliphatic carbocycles. The second kappa shape index (κ2) is 7.91. The Morgan fingerprint density at radius 2 is 2.00 bits per heavy atom. The molecule has 1 aromatic heterocycles. The lowest BCUT2D eigenvalue weighted by Gasteiger charge is -2.36. The van der Waals surface area contributed by atoms with Crippen molar-refractivity contribution in [1.82, 2.24) is 20.2 Å². The van der Waals surface area contributed by atoms with Crippen LogP contribution in [0.2, 0.25) is 0 Å². The molecule has 0 radical (unpaired) electrons. The molecule has 3 rings (SSSR count). The maximum absolute atomic E-state index is 12.5. The van der Waals surface area contributed by atoms with E-state index in [1.807, 2.05) is 20.8 Å². The van der Waals surface area contributed by atoms with Crippen LogP contribution in [-0.2, 0) is 5.41 Å². The summed E-state index contributed by atoms with van der Waals surface area (Å²) in [6.07, 6.45) is 7.71. The Balaban J connectivity index is 1.58. The highest BCUT2D eigenvalue weighted by Gasteiger charge is 2.28. The zero-order chi connectivity index (χ0) is 18.7. The molecule has 2 N–H and O–H groups in total. The van der Waals surface area contributed by atoms with Gasteiger partial charge in [0.25, 0.3) is 5.91 Å². The van der Waals surface area contributed by atoms with Crippen molar-refractivity contribution in [2.75, 3.05) is 19.6 Å². The van der Waals surface area contributed by atoms with Gasteiger partial charge in [0, 0.05) is 30.2 Å². The number of piperidine rings is 1. The first-order valence-electron chi connectivity index (χ1n) is 9.97. The third-order valence-electron chi connectivity index (χ3n) is 5.73. The Morgan fingerprint density at radius 3 is 2.69 bits per heavy atom. The van der Waals surface area contributed by atoms with Crippen molar-refractivity contribution >= 4 is 5.91 Å². The highest BCUT2D eigenvalue weighted by Crippen LogP contribution is 2.27. The maximum atomic E-state index is 12.5. The molecule has 1 saturated carbocycles. The van der Waals surface area contributed by atoms with Gasteiger partial charge in [-0.05, 0) is 44.2 Å².